The predicted molar refractivity (Wildman–Crippen MR) is 19.8 cm³/mol. The fourth-order valence-electron chi connectivity index (χ4n) is 0.123. The molecule has 0 aliphatic carbocycles. The molecule has 0 aliphatic heterocycles. The first kappa shape index (κ1) is 16.0. The molecule has 52 valence electrons. The zero-order chi connectivity index (χ0) is 5.86. The number of carbonyl (C=O) groups excluding carboxylic acids is 1. The van der Waals surface area contributed by atoms with Crippen molar-refractivity contribution < 1.29 is 55.4 Å². The van der Waals surface area contributed by atoms with Gasteiger partial charge in [0.1, 0.15) is 0 Å². The summed E-state index contributed by atoms with van der Waals surface area (Å²) in [4.78, 5) is 19.0. The molecule has 4 nitrogen and oxygen atoms in total. The van der Waals surface area contributed by atoms with Gasteiger partial charge in [-0.3, -0.25) is 4.79 Å². The molecule has 0 spiro atoms. The third-order valence-electron chi connectivity index (χ3n) is 0.231. The molecule has 9 heavy (non-hydrogen) atoms. The topological polar surface area (TPSA) is 63.6 Å². The van der Waals surface area contributed by atoms with Crippen LogP contribution in [-0.4, -0.2) is 17.2 Å². The third-order valence-corrected chi connectivity index (χ3v) is 0.231. The normalized spacial score (nSPS) is 5.89. The van der Waals surface area contributed by atoms with E-state index in [1.807, 2.05) is 0 Å². The predicted octanol–water partition coefficient (Wildman–Crippen LogP) is 0.223. The number of rotatable bonds is 0. The zero-order valence-corrected chi connectivity index (χ0v) is 8.65. The summed E-state index contributed by atoms with van der Waals surface area (Å²) in [5.41, 5.74) is 0. The van der Waals surface area contributed by atoms with E-state index in [1.165, 1.54) is 0 Å². The molecule has 0 fully saturated rings. The number of hydrogen-bond acceptors (Lipinski definition) is 3. The minimum Gasteiger partial charge on any atom is -0.449 e. The van der Waals surface area contributed by atoms with Crippen LogP contribution in [0.3, 0.4) is 0 Å². The van der Waals surface area contributed by atoms with Crippen LogP contribution >= 0.6 is 0 Å². The SMILES string of the molecule is CC(=O)OC(=O)O.[Ni].[Zn]. The van der Waals surface area contributed by atoms with Crippen molar-refractivity contribution in [3.63, 3.8) is 0 Å². The van der Waals surface area contributed by atoms with Crippen LogP contribution in [0.15, 0.2) is 0 Å². The maximum Gasteiger partial charge on any atom is 0.513 e. The Morgan fingerprint density at radius 1 is 1.44 bits per heavy atom. The summed E-state index contributed by atoms with van der Waals surface area (Å²) < 4.78 is 3.53. The molecule has 0 unspecified atom stereocenters. The molecule has 1 N–H and O–H groups in total. The Balaban J connectivity index is -0.000000180. The van der Waals surface area contributed by atoms with Crippen LogP contribution in [0.5, 0.6) is 0 Å². The summed E-state index contributed by atoms with van der Waals surface area (Å²) in [6, 6.07) is 0. The first-order valence-electron chi connectivity index (χ1n) is 1.54. The van der Waals surface area contributed by atoms with E-state index in [-0.39, 0.29) is 36.0 Å². The molecule has 0 atom stereocenters. The van der Waals surface area contributed by atoms with E-state index in [9.17, 15) is 9.59 Å². The first-order valence-corrected chi connectivity index (χ1v) is 1.54. The molecule has 0 aliphatic rings. The second-order valence-electron chi connectivity index (χ2n) is 0.860. The molecule has 0 aromatic heterocycles. The van der Waals surface area contributed by atoms with Crippen molar-refractivity contribution in [2.24, 2.45) is 0 Å². The summed E-state index contributed by atoms with van der Waals surface area (Å²) in [5.74, 6) is -0.812. The molecule has 0 bridgehead atoms. The summed E-state index contributed by atoms with van der Waals surface area (Å²) in [6.45, 7) is 1.02. The van der Waals surface area contributed by atoms with Crippen molar-refractivity contribution in [3.05, 3.63) is 0 Å². The fourth-order valence-corrected chi connectivity index (χ4v) is 0.123. The Morgan fingerprint density at radius 3 is 1.78 bits per heavy atom. The van der Waals surface area contributed by atoms with E-state index in [4.69, 9.17) is 5.11 Å². The summed E-state index contributed by atoms with van der Waals surface area (Å²) in [5, 5.41) is 7.64. The van der Waals surface area contributed by atoms with E-state index in [0.29, 0.717) is 0 Å². The van der Waals surface area contributed by atoms with Gasteiger partial charge < -0.3 is 9.84 Å². The Morgan fingerprint density at radius 2 is 1.78 bits per heavy atom. The van der Waals surface area contributed by atoms with Crippen molar-refractivity contribution in [2.75, 3.05) is 0 Å². The second-order valence-corrected chi connectivity index (χ2v) is 0.860. The van der Waals surface area contributed by atoms with Crippen molar-refractivity contribution in [1.82, 2.24) is 0 Å². The maximum absolute atomic E-state index is 9.65. The van der Waals surface area contributed by atoms with Crippen LogP contribution in [0.1, 0.15) is 6.92 Å². The molecular formula is C3H4NiO4Zn. The number of hydrogen-bond donors (Lipinski definition) is 1. The van der Waals surface area contributed by atoms with Gasteiger partial charge in [-0.05, 0) is 0 Å². The van der Waals surface area contributed by atoms with Gasteiger partial charge in [-0.2, -0.15) is 0 Å². The second kappa shape index (κ2) is 8.06. The number of carboxylic acid groups (broad SMARTS) is 1. The van der Waals surface area contributed by atoms with Gasteiger partial charge in [0, 0.05) is 42.9 Å². The minimum atomic E-state index is -1.56. The number of carbonyl (C=O) groups is 2. The van der Waals surface area contributed by atoms with Gasteiger partial charge in [-0.15, -0.1) is 0 Å². The van der Waals surface area contributed by atoms with Gasteiger partial charge in [0.05, 0.1) is 0 Å². The minimum absolute atomic E-state index is 0. The maximum atomic E-state index is 9.65. The molecule has 0 aromatic rings. The Bertz CT molecular complexity index is 92.0. The van der Waals surface area contributed by atoms with Crippen LogP contribution in [0.25, 0.3) is 0 Å². The van der Waals surface area contributed by atoms with Crippen LogP contribution in [0.2, 0.25) is 0 Å². The molecule has 0 saturated carbocycles. The Kier molecular flexibility index (Phi) is 14.3. The molecule has 0 heterocycles. The van der Waals surface area contributed by atoms with Gasteiger partial charge in [-0.25, -0.2) is 4.79 Å². The summed E-state index contributed by atoms with van der Waals surface area (Å²) in [7, 11) is 0. The van der Waals surface area contributed by atoms with E-state index in [0.717, 1.165) is 6.92 Å². The van der Waals surface area contributed by atoms with Crippen LogP contribution in [-0.2, 0) is 45.5 Å². The molecule has 6 heteroatoms. The van der Waals surface area contributed by atoms with E-state index in [1.54, 1.807) is 0 Å². The van der Waals surface area contributed by atoms with Gasteiger partial charge in [-0.1, -0.05) is 0 Å². The molecule has 0 amide bonds. The number of esters is 1. The van der Waals surface area contributed by atoms with Crippen LogP contribution in [0, 0.1) is 0 Å². The molecule has 0 radical (unpaired) electrons. The van der Waals surface area contributed by atoms with Crippen molar-refractivity contribution in [2.45, 2.75) is 6.92 Å². The third kappa shape index (κ3) is 18.0. The Labute approximate surface area is 74.6 Å². The van der Waals surface area contributed by atoms with Gasteiger partial charge >= 0.3 is 12.1 Å². The Hall–Kier alpha value is 0.0569. The summed E-state index contributed by atoms with van der Waals surface area (Å²) >= 11 is 0. The average Bonchev–Trinajstić information content (AvgIpc) is 1.27. The van der Waals surface area contributed by atoms with Gasteiger partial charge in [0.2, 0.25) is 0 Å². The largest absolute Gasteiger partial charge is 0.513 e. The van der Waals surface area contributed by atoms with Crippen molar-refractivity contribution in [1.29, 1.82) is 0 Å². The van der Waals surface area contributed by atoms with Crippen LogP contribution < -0.4 is 0 Å². The molecule has 0 aromatic carbocycles. The monoisotopic (exact) mass is 226 g/mol. The van der Waals surface area contributed by atoms with E-state index >= 15 is 0 Å². The standard InChI is InChI=1S/C3H4O4.Ni.Zn/c1-2(4)7-3(5)6;;/h1H3,(H,5,6);;. The van der Waals surface area contributed by atoms with E-state index in [2.05, 4.69) is 4.74 Å². The van der Waals surface area contributed by atoms with Crippen molar-refractivity contribution in [3.8, 4) is 0 Å². The first-order chi connectivity index (χ1) is 3.13. The smallest absolute Gasteiger partial charge is 0.449 e. The quantitative estimate of drug-likeness (QED) is 0.366. The zero-order valence-electron chi connectivity index (χ0n) is 4.70. The summed E-state index contributed by atoms with van der Waals surface area (Å²) in [6.07, 6.45) is -1.56. The molecule has 0 rings (SSSR count). The van der Waals surface area contributed by atoms with Crippen molar-refractivity contribution >= 4 is 12.1 Å². The fraction of sp³-hybridized carbons (Fsp3) is 0.333. The van der Waals surface area contributed by atoms with E-state index < -0.39 is 12.1 Å². The van der Waals surface area contributed by atoms with Gasteiger partial charge in [0.15, 0.2) is 0 Å². The van der Waals surface area contributed by atoms with Gasteiger partial charge in [0.25, 0.3) is 0 Å². The molecular weight excluding hydrogens is 224 g/mol. The molecule has 0 saturated heterocycles. The average molecular weight is 228 g/mol. The number of ether oxygens (including phenoxy) is 1. The van der Waals surface area contributed by atoms with Crippen LogP contribution in [0.4, 0.5) is 4.79 Å².